The molecule has 2 unspecified atom stereocenters. The summed E-state index contributed by atoms with van der Waals surface area (Å²) in [5, 5.41) is 0. The predicted molar refractivity (Wildman–Crippen MR) is 70.7 cm³/mol. The minimum atomic E-state index is 0.475. The highest BCUT2D eigenvalue weighted by Gasteiger charge is 2.26. The zero-order chi connectivity index (χ0) is 9.97. The summed E-state index contributed by atoms with van der Waals surface area (Å²) < 4.78 is 0. The summed E-state index contributed by atoms with van der Waals surface area (Å²) in [6.45, 7) is 5.01. The van der Waals surface area contributed by atoms with E-state index in [0.29, 0.717) is 15.8 Å². The fraction of sp³-hybridized carbons (Fsp3) is 1.00. The Hall–Kier alpha value is 0.860. The molecule has 2 saturated heterocycles. The second-order valence-corrected chi connectivity index (χ2v) is 11.0. The van der Waals surface area contributed by atoms with Gasteiger partial charge in [-0.05, 0) is 61.6 Å². The average molecular weight is 230 g/mol. The van der Waals surface area contributed by atoms with Crippen molar-refractivity contribution in [2.45, 2.75) is 50.8 Å². The van der Waals surface area contributed by atoms with Gasteiger partial charge >= 0.3 is 0 Å². The van der Waals surface area contributed by atoms with E-state index >= 15 is 0 Å². The van der Waals surface area contributed by atoms with Crippen LogP contribution >= 0.6 is 15.8 Å². The third-order valence-electron chi connectivity index (χ3n) is 4.06. The topological polar surface area (TPSA) is 0 Å². The molecular weight excluding hydrogens is 206 g/mol. The lowest BCUT2D eigenvalue weighted by Crippen LogP contribution is -2.02. The highest BCUT2D eigenvalue weighted by Crippen LogP contribution is 2.55. The number of hydrogen-bond donors (Lipinski definition) is 0. The Morgan fingerprint density at radius 3 is 1.57 bits per heavy atom. The molecule has 0 amide bonds. The van der Waals surface area contributed by atoms with Gasteiger partial charge in [0.25, 0.3) is 0 Å². The molecule has 2 aliphatic heterocycles. The largest absolute Gasteiger partial charge is 0.103 e. The molecule has 0 saturated carbocycles. The van der Waals surface area contributed by atoms with Crippen LogP contribution in [-0.4, -0.2) is 36.0 Å². The van der Waals surface area contributed by atoms with Crippen LogP contribution in [0.4, 0.5) is 0 Å². The SMILES string of the molecule is C[C@H]1CCCP1CCP1CCC[C@@H]1C. The van der Waals surface area contributed by atoms with Crippen LogP contribution in [0.15, 0.2) is 0 Å². The maximum absolute atomic E-state index is 2.50. The molecule has 0 radical (unpaired) electrons. The van der Waals surface area contributed by atoms with Gasteiger partial charge in [-0.1, -0.05) is 13.8 Å². The van der Waals surface area contributed by atoms with Crippen LogP contribution in [0.1, 0.15) is 39.5 Å². The molecule has 0 bridgehead atoms. The van der Waals surface area contributed by atoms with Crippen molar-refractivity contribution in [2.24, 2.45) is 0 Å². The van der Waals surface area contributed by atoms with Gasteiger partial charge in [-0.15, -0.1) is 15.8 Å². The minimum Gasteiger partial charge on any atom is -0.103 e. The van der Waals surface area contributed by atoms with E-state index in [1.54, 1.807) is 50.3 Å². The van der Waals surface area contributed by atoms with Crippen LogP contribution in [0.25, 0.3) is 0 Å². The molecular formula is C12H24P2. The second kappa shape index (κ2) is 5.27. The molecule has 0 aromatic rings. The molecule has 14 heavy (non-hydrogen) atoms. The van der Waals surface area contributed by atoms with Crippen LogP contribution in [-0.2, 0) is 0 Å². The van der Waals surface area contributed by atoms with E-state index in [0.717, 1.165) is 11.3 Å². The number of rotatable bonds is 3. The molecule has 82 valence electrons. The lowest BCUT2D eigenvalue weighted by Gasteiger charge is -2.21. The van der Waals surface area contributed by atoms with Crippen LogP contribution in [0.5, 0.6) is 0 Å². The smallest absolute Gasteiger partial charge is 0.0237 e. The van der Waals surface area contributed by atoms with Gasteiger partial charge < -0.3 is 0 Å². The van der Waals surface area contributed by atoms with Crippen molar-refractivity contribution in [2.75, 3.05) is 24.6 Å². The molecule has 0 aromatic carbocycles. The van der Waals surface area contributed by atoms with Crippen molar-refractivity contribution in [3.05, 3.63) is 0 Å². The van der Waals surface area contributed by atoms with Gasteiger partial charge in [0.2, 0.25) is 0 Å². The summed E-state index contributed by atoms with van der Waals surface area (Å²) in [6, 6.07) is 0. The van der Waals surface area contributed by atoms with Gasteiger partial charge in [0.15, 0.2) is 0 Å². The first-order valence-corrected chi connectivity index (χ1v) is 9.82. The molecule has 2 heteroatoms. The third kappa shape index (κ3) is 2.70. The van der Waals surface area contributed by atoms with Gasteiger partial charge in [-0.25, -0.2) is 0 Å². The summed E-state index contributed by atoms with van der Waals surface area (Å²) in [6.07, 6.45) is 12.6. The monoisotopic (exact) mass is 230 g/mol. The second-order valence-electron chi connectivity index (χ2n) is 5.05. The zero-order valence-electron chi connectivity index (χ0n) is 9.71. The summed E-state index contributed by atoms with van der Waals surface area (Å²) in [5.41, 5.74) is 2.22. The van der Waals surface area contributed by atoms with Crippen molar-refractivity contribution >= 4 is 15.8 Å². The standard InChI is InChI=1S/C12H24P2/c1-11-5-3-7-13(11)9-10-14-8-4-6-12(14)2/h11-12H,3-10H2,1-2H3/t11-,12-,13?,14?/m0/s1. The van der Waals surface area contributed by atoms with E-state index in [4.69, 9.17) is 0 Å². The first-order chi connectivity index (χ1) is 6.77. The van der Waals surface area contributed by atoms with E-state index in [9.17, 15) is 0 Å². The molecule has 0 aromatic heterocycles. The molecule has 0 spiro atoms. The minimum absolute atomic E-state index is 0.475. The van der Waals surface area contributed by atoms with E-state index in [1.165, 1.54) is 0 Å². The van der Waals surface area contributed by atoms with Gasteiger partial charge in [-0.2, -0.15) is 0 Å². The Kier molecular flexibility index (Phi) is 4.27. The Balaban J connectivity index is 1.71. The Morgan fingerprint density at radius 2 is 1.29 bits per heavy atom. The first-order valence-electron chi connectivity index (χ1n) is 6.25. The van der Waals surface area contributed by atoms with Crippen LogP contribution in [0.2, 0.25) is 0 Å². The average Bonchev–Trinajstić information content (AvgIpc) is 2.72. The Bertz CT molecular complexity index is 161. The van der Waals surface area contributed by atoms with Gasteiger partial charge in [0.1, 0.15) is 0 Å². The molecule has 2 aliphatic rings. The van der Waals surface area contributed by atoms with Crippen LogP contribution in [0.3, 0.4) is 0 Å². The number of hydrogen-bond acceptors (Lipinski definition) is 0. The fourth-order valence-electron chi connectivity index (χ4n) is 2.91. The van der Waals surface area contributed by atoms with Crippen molar-refractivity contribution in [3.8, 4) is 0 Å². The van der Waals surface area contributed by atoms with E-state index in [1.807, 2.05) is 0 Å². The van der Waals surface area contributed by atoms with E-state index < -0.39 is 0 Å². The zero-order valence-corrected chi connectivity index (χ0v) is 11.5. The van der Waals surface area contributed by atoms with Crippen molar-refractivity contribution in [3.63, 3.8) is 0 Å². The summed E-state index contributed by atoms with van der Waals surface area (Å²) >= 11 is 0. The van der Waals surface area contributed by atoms with Crippen molar-refractivity contribution in [1.82, 2.24) is 0 Å². The van der Waals surface area contributed by atoms with Crippen molar-refractivity contribution < 1.29 is 0 Å². The molecule has 2 fully saturated rings. The Labute approximate surface area is 91.7 Å². The molecule has 2 rings (SSSR count). The highest BCUT2D eigenvalue weighted by atomic mass is 31.1. The Morgan fingerprint density at radius 1 is 0.857 bits per heavy atom. The molecule has 0 aliphatic carbocycles. The summed E-state index contributed by atoms with van der Waals surface area (Å²) in [7, 11) is 0.949. The van der Waals surface area contributed by atoms with Crippen LogP contribution < -0.4 is 0 Å². The molecule has 2 heterocycles. The normalized spacial score (nSPS) is 43.3. The third-order valence-corrected chi connectivity index (χ3v) is 10.8. The molecule has 4 atom stereocenters. The van der Waals surface area contributed by atoms with Gasteiger partial charge in [0.05, 0.1) is 0 Å². The summed E-state index contributed by atoms with van der Waals surface area (Å²) in [4.78, 5) is 0. The lowest BCUT2D eigenvalue weighted by atomic mass is 10.3. The summed E-state index contributed by atoms with van der Waals surface area (Å²) in [5.74, 6) is 0. The lowest BCUT2D eigenvalue weighted by molar-refractivity contribution is 0.834. The molecule has 0 N–H and O–H groups in total. The fourth-order valence-corrected chi connectivity index (χ4v) is 9.45. The first kappa shape index (κ1) is 11.3. The predicted octanol–water partition coefficient (Wildman–Crippen LogP) is 4.31. The van der Waals surface area contributed by atoms with Crippen molar-refractivity contribution in [1.29, 1.82) is 0 Å². The van der Waals surface area contributed by atoms with Gasteiger partial charge in [-0.3, -0.25) is 0 Å². The highest BCUT2D eigenvalue weighted by molar-refractivity contribution is 7.62. The van der Waals surface area contributed by atoms with Crippen LogP contribution in [0, 0.1) is 0 Å². The van der Waals surface area contributed by atoms with E-state index in [-0.39, 0.29) is 0 Å². The maximum atomic E-state index is 2.50. The maximum Gasteiger partial charge on any atom is -0.0237 e. The quantitative estimate of drug-likeness (QED) is 0.633. The molecule has 0 nitrogen and oxygen atoms in total. The van der Waals surface area contributed by atoms with E-state index in [2.05, 4.69) is 13.8 Å². The van der Waals surface area contributed by atoms with Gasteiger partial charge in [0, 0.05) is 0 Å².